The van der Waals surface area contributed by atoms with Gasteiger partial charge in [-0.05, 0) is 105 Å². The van der Waals surface area contributed by atoms with Gasteiger partial charge in [-0.15, -0.1) is 5.10 Å². The first-order valence-corrected chi connectivity index (χ1v) is 11.7. The molecule has 0 spiro atoms. The third-order valence-corrected chi connectivity index (χ3v) is 9.92. The van der Waals surface area contributed by atoms with E-state index in [0.29, 0.717) is 29.1 Å². The second kappa shape index (κ2) is 7.52. The molecule has 0 amide bonds. The number of aliphatic hydroxyl groups excluding tert-OH is 1. The molecular formula is C23H40N4O2. The van der Waals surface area contributed by atoms with Gasteiger partial charge in [0.15, 0.2) is 0 Å². The highest BCUT2D eigenvalue weighted by molar-refractivity contribution is 5.76. The van der Waals surface area contributed by atoms with E-state index in [0.717, 1.165) is 57.8 Å². The predicted octanol–water partition coefficient (Wildman–Crippen LogP) is 3.16. The second-order valence-corrected chi connectivity index (χ2v) is 10.9. The van der Waals surface area contributed by atoms with Crippen LogP contribution in [0.2, 0.25) is 0 Å². The fourth-order valence-corrected chi connectivity index (χ4v) is 8.22. The standard InChI is InChI=1S/C23H40N4O2/c1-21-10-8-17(28)14-16(21)5-6-19-18(21)9-11-22(2)15(7-12-23(19,22)29)4-3-13-26-27-20(24)25/h13,15-19,28-29H,3-12,14H2,1-2H3,(H4,24,25,27)/b26-13+/t15-,16+,17-,18-,19+,21-,22+,23-/m0/s1. The molecule has 6 nitrogen and oxygen atoms in total. The van der Waals surface area contributed by atoms with Crippen LogP contribution in [0.3, 0.4) is 0 Å². The van der Waals surface area contributed by atoms with E-state index >= 15 is 0 Å². The maximum absolute atomic E-state index is 12.1. The van der Waals surface area contributed by atoms with Crippen LogP contribution in [0, 0.1) is 34.5 Å². The maximum Gasteiger partial charge on any atom is 0.211 e. The Bertz CT molecular complexity index is 678. The molecule has 0 heterocycles. The van der Waals surface area contributed by atoms with E-state index in [1.807, 2.05) is 0 Å². The summed E-state index contributed by atoms with van der Waals surface area (Å²) in [5.74, 6) is 2.16. The molecular weight excluding hydrogens is 364 g/mol. The molecule has 6 N–H and O–H groups in total. The van der Waals surface area contributed by atoms with E-state index < -0.39 is 5.60 Å². The van der Waals surface area contributed by atoms with Crippen LogP contribution in [0.1, 0.15) is 84.5 Å². The molecule has 0 aromatic carbocycles. The molecule has 29 heavy (non-hydrogen) atoms. The van der Waals surface area contributed by atoms with Crippen LogP contribution in [0.25, 0.3) is 0 Å². The quantitative estimate of drug-likeness (QED) is 0.327. The predicted molar refractivity (Wildman–Crippen MR) is 116 cm³/mol. The van der Waals surface area contributed by atoms with Gasteiger partial charge in [0.2, 0.25) is 5.96 Å². The van der Waals surface area contributed by atoms with E-state index in [4.69, 9.17) is 11.5 Å². The first kappa shape index (κ1) is 21.1. The van der Waals surface area contributed by atoms with Crippen LogP contribution < -0.4 is 11.5 Å². The van der Waals surface area contributed by atoms with Crippen molar-refractivity contribution in [1.29, 1.82) is 0 Å². The molecule has 0 aliphatic heterocycles. The van der Waals surface area contributed by atoms with Gasteiger partial charge in [-0.2, -0.15) is 5.10 Å². The van der Waals surface area contributed by atoms with Crippen molar-refractivity contribution >= 4 is 12.2 Å². The largest absolute Gasteiger partial charge is 0.393 e. The van der Waals surface area contributed by atoms with Gasteiger partial charge in [-0.3, -0.25) is 0 Å². The van der Waals surface area contributed by atoms with Crippen molar-refractivity contribution in [3.8, 4) is 0 Å². The first-order valence-electron chi connectivity index (χ1n) is 11.7. The fraction of sp³-hybridized carbons (Fsp3) is 0.913. The first-order chi connectivity index (χ1) is 13.7. The Balaban J connectivity index is 1.49. The van der Waals surface area contributed by atoms with E-state index in [1.54, 1.807) is 6.21 Å². The summed E-state index contributed by atoms with van der Waals surface area (Å²) >= 11 is 0. The Morgan fingerprint density at radius 2 is 1.83 bits per heavy atom. The number of nitrogens with zero attached hydrogens (tertiary/aromatic N) is 2. The van der Waals surface area contributed by atoms with Crippen LogP contribution in [0.15, 0.2) is 10.2 Å². The third kappa shape index (κ3) is 3.31. The zero-order valence-corrected chi connectivity index (χ0v) is 18.2. The Labute approximate surface area is 175 Å². The molecule has 4 fully saturated rings. The molecule has 164 valence electrons. The molecule has 0 aromatic heterocycles. The Hall–Kier alpha value is -1.14. The summed E-state index contributed by atoms with van der Waals surface area (Å²) in [6.45, 7) is 4.83. The lowest BCUT2D eigenvalue weighted by molar-refractivity contribution is -0.210. The number of rotatable bonds is 4. The molecule has 4 saturated carbocycles. The van der Waals surface area contributed by atoms with E-state index in [9.17, 15) is 10.2 Å². The normalized spacial score (nSPS) is 49.3. The number of hydrogen-bond acceptors (Lipinski definition) is 4. The van der Waals surface area contributed by atoms with E-state index in [1.165, 1.54) is 12.8 Å². The third-order valence-electron chi connectivity index (χ3n) is 9.92. The Kier molecular flexibility index (Phi) is 5.48. The minimum atomic E-state index is -0.540. The Morgan fingerprint density at radius 1 is 1.03 bits per heavy atom. The number of nitrogens with two attached hydrogens (primary N) is 2. The maximum atomic E-state index is 12.1. The summed E-state index contributed by atoms with van der Waals surface area (Å²) in [4.78, 5) is 0. The zero-order valence-electron chi connectivity index (χ0n) is 18.2. The van der Waals surface area contributed by atoms with Crippen LogP contribution in [0.5, 0.6) is 0 Å². The van der Waals surface area contributed by atoms with Gasteiger partial charge in [0.05, 0.1) is 11.7 Å². The topological polar surface area (TPSA) is 117 Å². The SMILES string of the molecule is C[C@]12CC[C@H](O)C[C@H]1CC[C@@H]1[C@@H]2CC[C@]2(C)[C@@H](CC/C=N/N=C(N)N)CC[C@]12O. The number of hydrogen-bond donors (Lipinski definition) is 4. The zero-order chi connectivity index (χ0) is 20.9. The molecule has 4 aliphatic carbocycles. The van der Waals surface area contributed by atoms with Crippen LogP contribution in [-0.2, 0) is 0 Å². The van der Waals surface area contributed by atoms with Crippen LogP contribution in [0.4, 0.5) is 0 Å². The lowest BCUT2D eigenvalue weighted by Crippen LogP contribution is -2.62. The molecule has 8 atom stereocenters. The minimum absolute atomic E-state index is 0.00442. The van der Waals surface area contributed by atoms with Gasteiger partial charge >= 0.3 is 0 Å². The summed E-state index contributed by atoms with van der Waals surface area (Å²) in [5, 5.41) is 29.9. The molecule has 0 saturated heterocycles. The van der Waals surface area contributed by atoms with Gasteiger partial charge < -0.3 is 21.7 Å². The molecule has 6 heteroatoms. The lowest BCUT2D eigenvalue weighted by Gasteiger charge is -2.63. The number of fused-ring (bicyclic) bond motifs is 5. The molecule has 0 aromatic rings. The van der Waals surface area contributed by atoms with Gasteiger partial charge in [0.25, 0.3) is 0 Å². The highest BCUT2D eigenvalue weighted by atomic mass is 16.3. The molecule has 0 radical (unpaired) electrons. The number of guanidine groups is 1. The van der Waals surface area contributed by atoms with Crippen molar-refractivity contribution in [3.63, 3.8) is 0 Å². The van der Waals surface area contributed by atoms with Crippen molar-refractivity contribution in [2.24, 2.45) is 56.2 Å². The van der Waals surface area contributed by atoms with Gasteiger partial charge in [-0.1, -0.05) is 13.8 Å². The van der Waals surface area contributed by atoms with Crippen molar-refractivity contribution in [2.45, 2.75) is 96.2 Å². The van der Waals surface area contributed by atoms with E-state index in [-0.39, 0.29) is 17.5 Å². The highest BCUT2D eigenvalue weighted by Crippen LogP contribution is 2.69. The van der Waals surface area contributed by atoms with Crippen LogP contribution in [-0.4, -0.2) is 34.1 Å². The van der Waals surface area contributed by atoms with Gasteiger partial charge in [0.1, 0.15) is 0 Å². The van der Waals surface area contributed by atoms with Crippen molar-refractivity contribution in [3.05, 3.63) is 0 Å². The lowest BCUT2D eigenvalue weighted by atomic mass is 9.43. The summed E-state index contributed by atoms with van der Waals surface area (Å²) in [5.41, 5.74) is 10.4. The second-order valence-electron chi connectivity index (χ2n) is 10.9. The Morgan fingerprint density at radius 3 is 2.59 bits per heavy atom. The highest BCUT2D eigenvalue weighted by Gasteiger charge is 2.66. The smallest absolute Gasteiger partial charge is 0.211 e. The summed E-state index contributed by atoms with van der Waals surface area (Å²) in [6.07, 6.45) is 13.3. The summed E-state index contributed by atoms with van der Waals surface area (Å²) in [6, 6.07) is 0. The average molecular weight is 405 g/mol. The monoisotopic (exact) mass is 404 g/mol. The van der Waals surface area contributed by atoms with Crippen molar-refractivity contribution < 1.29 is 10.2 Å². The van der Waals surface area contributed by atoms with Gasteiger partial charge in [-0.25, -0.2) is 0 Å². The molecule has 4 rings (SSSR count). The van der Waals surface area contributed by atoms with Crippen molar-refractivity contribution in [1.82, 2.24) is 0 Å². The van der Waals surface area contributed by atoms with Crippen LogP contribution >= 0.6 is 0 Å². The van der Waals surface area contributed by atoms with E-state index in [2.05, 4.69) is 24.1 Å². The molecule has 4 aliphatic rings. The van der Waals surface area contributed by atoms with Crippen molar-refractivity contribution in [2.75, 3.05) is 0 Å². The molecule has 0 unspecified atom stereocenters. The van der Waals surface area contributed by atoms with Gasteiger partial charge in [0, 0.05) is 6.21 Å². The number of aliphatic hydroxyl groups is 2. The molecule has 0 bridgehead atoms. The average Bonchev–Trinajstić information content (AvgIpc) is 2.93. The summed E-state index contributed by atoms with van der Waals surface area (Å²) in [7, 11) is 0. The minimum Gasteiger partial charge on any atom is -0.393 e. The fourth-order valence-electron chi connectivity index (χ4n) is 8.22. The summed E-state index contributed by atoms with van der Waals surface area (Å²) < 4.78 is 0.